The monoisotopic (exact) mass is 364 g/mol. The SMILES string of the molecule is O=C(NCCn1nnc2ccc(F)cc2c1=O)c1cnc2ccccc2n1. The van der Waals surface area contributed by atoms with E-state index in [1.165, 1.54) is 18.3 Å². The highest BCUT2D eigenvalue weighted by Crippen LogP contribution is 2.09. The smallest absolute Gasteiger partial charge is 0.277 e. The maximum atomic E-state index is 13.3. The molecule has 4 rings (SSSR count). The van der Waals surface area contributed by atoms with E-state index in [1.54, 1.807) is 12.1 Å². The predicted octanol–water partition coefficient (Wildman–Crippen LogP) is 1.30. The Labute approximate surface area is 151 Å². The molecule has 0 aliphatic rings. The average molecular weight is 364 g/mol. The van der Waals surface area contributed by atoms with Gasteiger partial charge in [-0.05, 0) is 30.3 Å². The van der Waals surface area contributed by atoms with Gasteiger partial charge in [-0.3, -0.25) is 14.6 Å². The summed E-state index contributed by atoms with van der Waals surface area (Å²) in [4.78, 5) is 33.0. The lowest BCUT2D eigenvalue weighted by atomic mass is 10.2. The van der Waals surface area contributed by atoms with Crippen LogP contribution in [0.3, 0.4) is 0 Å². The number of nitrogens with zero attached hydrogens (tertiary/aromatic N) is 5. The molecule has 0 saturated heterocycles. The number of amides is 1. The molecule has 0 spiro atoms. The van der Waals surface area contributed by atoms with Gasteiger partial charge in [0, 0.05) is 6.54 Å². The van der Waals surface area contributed by atoms with E-state index >= 15 is 0 Å². The third-order valence-corrected chi connectivity index (χ3v) is 3.97. The summed E-state index contributed by atoms with van der Waals surface area (Å²) >= 11 is 0. The van der Waals surface area contributed by atoms with E-state index in [0.29, 0.717) is 16.6 Å². The Hall–Kier alpha value is -3.75. The van der Waals surface area contributed by atoms with Crippen molar-refractivity contribution in [3.63, 3.8) is 0 Å². The van der Waals surface area contributed by atoms with Crippen molar-refractivity contribution in [1.82, 2.24) is 30.3 Å². The summed E-state index contributed by atoms with van der Waals surface area (Å²) < 4.78 is 14.4. The second-order valence-corrected chi connectivity index (χ2v) is 5.78. The summed E-state index contributed by atoms with van der Waals surface area (Å²) in [6, 6.07) is 10.9. The predicted molar refractivity (Wildman–Crippen MR) is 95.6 cm³/mol. The number of nitrogens with one attached hydrogen (secondary N) is 1. The van der Waals surface area contributed by atoms with Gasteiger partial charge in [-0.15, -0.1) is 5.10 Å². The number of benzene rings is 2. The van der Waals surface area contributed by atoms with Crippen molar-refractivity contribution in [1.29, 1.82) is 0 Å². The molecule has 0 aliphatic heterocycles. The standard InChI is InChI=1S/C18H13FN6O2/c19-11-5-6-13-12(9-11)18(27)25(24-23-13)8-7-20-17(26)16-10-21-14-3-1-2-4-15(14)22-16/h1-6,9-10H,7-8H2,(H,20,26). The van der Waals surface area contributed by atoms with Gasteiger partial charge >= 0.3 is 0 Å². The van der Waals surface area contributed by atoms with Gasteiger partial charge in [0.05, 0.1) is 29.2 Å². The molecule has 0 saturated carbocycles. The number of rotatable bonds is 4. The molecule has 0 unspecified atom stereocenters. The van der Waals surface area contributed by atoms with Crippen LogP contribution in [0.4, 0.5) is 4.39 Å². The minimum Gasteiger partial charge on any atom is -0.349 e. The maximum absolute atomic E-state index is 13.3. The van der Waals surface area contributed by atoms with Crippen molar-refractivity contribution in [3.05, 3.63) is 70.5 Å². The summed E-state index contributed by atoms with van der Waals surface area (Å²) in [6.07, 6.45) is 1.39. The van der Waals surface area contributed by atoms with Gasteiger partial charge in [-0.25, -0.2) is 14.1 Å². The molecule has 0 fully saturated rings. The van der Waals surface area contributed by atoms with Crippen LogP contribution in [0.1, 0.15) is 10.5 Å². The maximum Gasteiger partial charge on any atom is 0.277 e. The Kier molecular flexibility index (Phi) is 4.25. The average Bonchev–Trinajstić information content (AvgIpc) is 2.69. The van der Waals surface area contributed by atoms with Gasteiger partial charge in [-0.2, -0.15) is 0 Å². The van der Waals surface area contributed by atoms with E-state index in [0.717, 1.165) is 10.7 Å². The summed E-state index contributed by atoms with van der Waals surface area (Å²) in [6.45, 7) is 0.216. The van der Waals surface area contributed by atoms with Crippen LogP contribution in [0.5, 0.6) is 0 Å². The van der Waals surface area contributed by atoms with E-state index in [9.17, 15) is 14.0 Å². The number of hydrogen-bond acceptors (Lipinski definition) is 6. The molecule has 2 aromatic heterocycles. The number of halogens is 1. The number of hydrogen-bond donors (Lipinski definition) is 1. The molecule has 0 radical (unpaired) electrons. The Morgan fingerprint density at radius 1 is 1.11 bits per heavy atom. The van der Waals surface area contributed by atoms with Crippen LogP contribution in [-0.2, 0) is 6.54 Å². The van der Waals surface area contributed by atoms with Gasteiger partial charge < -0.3 is 5.32 Å². The van der Waals surface area contributed by atoms with Gasteiger partial charge in [0.15, 0.2) is 0 Å². The molecule has 2 aromatic carbocycles. The molecule has 0 atom stereocenters. The zero-order chi connectivity index (χ0) is 18.8. The highest BCUT2D eigenvalue weighted by Gasteiger charge is 2.10. The summed E-state index contributed by atoms with van der Waals surface area (Å²) in [5.74, 6) is -0.941. The molecule has 2 heterocycles. The highest BCUT2D eigenvalue weighted by atomic mass is 19.1. The van der Waals surface area contributed by atoms with Crippen LogP contribution in [0.15, 0.2) is 53.5 Å². The van der Waals surface area contributed by atoms with Crippen molar-refractivity contribution >= 4 is 27.8 Å². The second-order valence-electron chi connectivity index (χ2n) is 5.78. The van der Waals surface area contributed by atoms with Gasteiger partial charge in [0.2, 0.25) is 0 Å². The lowest BCUT2D eigenvalue weighted by Gasteiger charge is -2.07. The van der Waals surface area contributed by atoms with Gasteiger partial charge in [0.25, 0.3) is 11.5 Å². The number of aromatic nitrogens is 5. The molecule has 0 bridgehead atoms. The van der Waals surface area contributed by atoms with Crippen LogP contribution in [-0.4, -0.2) is 37.4 Å². The molecule has 8 nitrogen and oxygen atoms in total. The first-order chi connectivity index (χ1) is 13.1. The van der Waals surface area contributed by atoms with E-state index in [2.05, 4.69) is 25.6 Å². The van der Waals surface area contributed by atoms with Crippen molar-refractivity contribution in [2.45, 2.75) is 6.54 Å². The molecule has 27 heavy (non-hydrogen) atoms. The first kappa shape index (κ1) is 16.7. The first-order valence-corrected chi connectivity index (χ1v) is 8.15. The Morgan fingerprint density at radius 3 is 2.78 bits per heavy atom. The summed E-state index contributed by atoms with van der Waals surface area (Å²) in [5, 5.41) is 10.5. The first-order valence-electron chi connectivity index (χ1n) is 8.15. The van der Waals surface area contributed by atoms with Gasteiger partial charge in [-0.1, -0.05) is 17.3 Å². The zero-order valence-corrected chi connectivity index (χ0v) is 14.0. The van der Waals surface area contributed by atoms with Crippen molar-refractivity contribution in [3.8, 4) is 0 Å². The highest BCUT2D eigenvalue weighted by molar-refractivity contribution is 5.93. The Balaban J connectivity index is 1.47. The van der Waals surface area contributed by atoms with E-state index in [-0.39, 0.29) is 24.2 Å². The summed E-state index contributed by atoms with van der Waals surface area (Å²) in [7, 11) is 0. The number of carbonyl (C=O) groups excluding carboxylic acids is 1. The molecule has 1 amide bonds. The Morgan fingerprint density at radius 2 is 1.93 bits per heavy atom. The molecule has 9 heteroatoms. The fourth-order valence-corrected chi connectivity index (χ4v) is 2.63. The molecular formula is C18H13FN6O2. The fraction of sp³-hybridized carbons (Fsp3) is 0.111. The van der Waals surface area contributed by atoms with E-state index in [4.69, 9.17) is 0 Å². The van der Waals surface area contributed by atoms with Gasteiger partial charge in [0.1, 0.15) is 17.0 Å². The lowest BCUT2D eigenvalue weighted by molar-refractivity contribution is 0.0946. The van der Waals surface area contributed by atoms with Crippen LogP contribution >= 0.6 is 0 Å². The topological polar surface area (TPSA) is 103 Å². The zero-order valence-electron chi connectivity index (χ0n) is 14.0. The second kappa shape index (κ2) is 6.87. The largest absolute Gasteiger partial charge is 0.349 e. The van der Waals surface area contributed by atoms with Crippen LogP contribution in [0.2, 0.25) is 0 Å². The quantitative estimate of drug-likeness (QED) is 0.586. The van der Waals surface area contributed by atoms with Crippen molar-refractivity contribution in [2.24, 2.45) is 0 Å². The molecule has 134 valence electrons. The van der Waals surface area contributed by atoms with Crippen molar-refractivity contribution < 1.29 is 9.18 Å². The number of para-hydroxylation sites is 2. The molecule has 0 aliphatic carbocycles. The fourth-order valence-electron chi connectivity index (χ4n) is 2.63. The molecular weight excluding hydrogens is 351 g/mol. The van der Waals surface area contributed by atoms with Crippen LogP contribution in [0, 0.1) is 5.82 Å². The normalized spacial score (nSPS) is 11.0. The van der Waals surface area contributed by atoms with Crippen LogP contribution < -0.4 is 10.9 Å². The Bertz CT molecular complexity index is 1220. The van der Waals surface area contributed by atoms with E-state index in [1.807, 2.05) is 12.1 Å². The third kappa shape index (κ3) is 3.34. The van der Waals surface area contributed by atoms with Crippen molar-refractivity contribution in [2.75, 3.05) is 6.54 Å². The number of fused-ring (bicyclic) bond motifs is 2. The summed E-state index contributed by atoms with van der Waals surface area (Å²) in [5.41, 5.74) is 1.32. The minimum absolute atomic E-state index is 0.0883. The lowest BCUT2D eigenvalue weighted by Crippen LogP contribution is -2.33. The van der Waals surface area contributed by atoms with E-state index < -0.39 is 17.3 Å². The molecule has 4 aromatic rings. The minimum atomic E-state index is -0.526. The number of carbonyl (C=O) groups is 1. The van der Waals surface area contributed by atoms with Crippen LogP contribution in [0.25, 0.3) is 21.9 Å². The molecule has 1 N–H and O–H groups in total. The third-order valence-electron chi connectivity index (χ3n) is 3.97.